The number of nitrogens with zero attached hydrogens (tertiary/aromatic N) is 1. The minimum absolute atomic E-state index is 0.0586. The number of alkyl halides is 3. The Morgan fingerprint density at radius 1 is 1.30 bits per heavy atom. The van der Waals surface area contributed by atoms with Gasteiger partial charge in [0.2, 0.25) is 0 Å². The van der Waals surface area contributed by atoms with Crippen LogP contribution in [0.15, 0.2) is 28.7 Å². The molecule has 20 heavy (non-hydrogen) atoms. The van der Waals surface area contributed by atoms with Crippen molar-refractivity contribution in [3.05, 3.63) is 34.3 Å². The Balaban J connectivity index is 1.88. The van der Waals surface area contributed by atoms with Gasteiger partial charge in [-0.2, -0.15) is 13.2 Å². The van der Waals surface area contributed by atoms with E-state index in [1.54, 1.807) is 23.1 Å². The van der Waals surface area contributed by atoms with Crippen molar-refractivity contribution >= 4 is 21.7 Å². The number of hydrogen-bond donors (Lipinski definition) is 0. The molecule has 0 radical (unpaired) electrons. The summed E-state index contributed by atoms with van der Waals surface area (Å²) in [7, 11) is 0. The van der Waals surface area contributed by atoms with Gasteiger partial charge in [0.25, 0.3) is 0 Å². The van der Waals surface area contributed by atoms with Crippen LogP contribution in [-0.2, 0) is 0 Å². The maximum Gasteiger partial charge on any atom is 0.391 e. The van der Waals surface area contributed by atoms with Gasteiger partial charge in [0.1, 0.15) is 0 Å². The number of carbonyl (C=O) groups excluding carboxylic acids is 1. The van der Waals surface area contributed by atoms with Crippen LogP contribution in [0.1, 0.15) is 23.2 Å². The van der Waals surface area contributed by atoms with Gasteiger partial charge in [0, 0.05) is 10.0 Å². The summed E-state index contributed by atoms with van der Waals surface area (Å²) in [5.41, 5.74) is 0.581. The summed E-state index contributed by atoms with van der Waals surface area (Å²) >= 11 is 3.29. The standard InChI is InChI=1S/C14H15BrF3NO/c15-12-3-1-2-10(8-12)13(20)9-19-6-4-11(5-7-19)14(16,17)18/h1-3,8,11H,4-7,9H2. The zero-order valence-corrected chi connectivity index (χ0v) is 12.4. The van der Waals surface area contributed by atoms with Crippen LogP contribution < -0.4 is 0 Å². The van der Waals surface area contributed by atoms with Gasteiger partial charge in [-0.05, 0) is 38.1 Å². The predicted octanol–water partition coefficient (Wildman–Crippen LogP) is 3.91. The Kier molecular flexibility index (Phi) is 4.86. The van der Waals surface area contributed by atoms with E-state index in [9.17, 15) is 18.0 Å². The number of piperidine rings is 1. The molecule has 0 saturated carbocycles. The highest BCUT2D eigenvalue weighted by Crippen LogP contribution is 2.34. The SMILES string of the molecule is O=C(CN1CCC(C(F)(F)F)CC1)c1cccc(Br)c1. The summed E-state index contributed by atoms with van der Waals surface area (Å²) in [4.78, 5) is 13.9. The van der Waals surface area contributed by atoms with Crippen molar-refractivity contribution in [2.75, 3.05) is 19.6 Å². The highest BCUT2D eigenvalue weighted by molar-refractivity contribution is 9.10. The Labute approximate surface area is 124 Å². The van der Waals surface area contributed by atoms with Crippen LogP contribution in [0.4, 0.5) is 13.2 Å². The molecular weight excluding hydrogens is 335 g/mol. The van der Waals surface area contributed by atoms with Crippen LogP contribution in [-0.4, -0.2) is 36.5 Å². The van der Waals surface area contributed by atoms with Crippen LogP contribution >= 0.6 is 15.9 Å². The van der Waals surface area contributed by atoms with E-state index in [0.29, 0.717) is 18.7 Å². The lowest BCUT2D eigenvalue weighted by atomic mass is 9.96. The highest BCUT2D eigenvalue weighted by atomic mass is 79.9. The molecule has 1 aromatic rings. The second kappa shape index (κ2) is 6.26. The third-order valence-electron chi connectivity index (χ3n) is 3.56. The normalized spacial score (nSPS) is 18.2. The molecule has 1 fully saturated rings. The number of Topliss-reactive ketones (excluding diaryl/α,β-unsaturated/α-hetero) is 1. The molecule has 0 aliphatic carbocycles. The number of carbonyl (C=O) groups is 1. The monoisotopic (exact) mass is 349 g/mol. The maximum absolute atomic E-state index is 12.5. The van der Waals surface area contributed by atoms with Crippen molar-refractivity contribution < 1.29 is 18.0 Å². The van der Waals surface area contributed by atoms with E-state index in [1.807, 2.05) is 6.07 Å². The lowest BCUT2D eigenvalue weighted by Gasteiger charge is -2.32. The largest absolute Gasteiger partial charge is 0.391 e. The molecule has 1 heterocycles. The molecule has 0 unspecified atom stereocenters. The van der Waals surface area contributed by atoms with E-state index >= 15 is 0 Å². The molecule has 0 aromatic heterocycles. The molecule has 1 aliphatic rings. The smallest absolute Gasteiger partial charge is 0.296 e. The summed E-state index contributed by atoms with van der Waals surface area (Å²) in [5.74, 6) is -1.28. The van der Waals surface area contributed by atoms with Crippen molar-refractivity contribution in [1.82, 2.24) is 4.90 Å². The van der Waals surface area contributed by atoms with Crippen molar-refractivity contribution in [3.8, 4) is 0 Å². The topological polar surface area (TPSA) is 20.3 Å². The zero-order chi connectivity index (χ0) is 14.8. The molecule has 1 aromatic carbocycles. The quantitative estimate of drug-likeness (QED) is 0.771. The van der Waals surface area contributed by atoms with E-state index in [1.165, 1.54) is 0 Å². The van der Waals surface area contributed by atoms with Gasteiger partial charge >= 0.3 is 6.18 Å². The van der Waals surface area contributed by atoms with Crippen LogP contribution in [0.25, 0.3) is 0 Å². The third kappa shape index (κ3) is 4.06. The first kappa shape index (κ1) is 15.5. The first-order chi connectivity index (χ1) is 9.36. The average molecular weight is 350 g/mol. The van der Waals surface area contributed by atoms with E-state index < -0.39 is 12.1 Å². The molecule has 0 N–H and O–H groups in total. The van der Waals surface area contributed by atoms with Crippen molar-refractivity contribution in [2.45, 2.75) is 19.0 Å². The summed E-state index contributed by atoms with van der Waals surface area (Å²) in [6.07, 6.45) is -3.95. The minimum atomic E-state index is -4.11. The number of hydrogen-bond acceptors (Lipinski definition) is 2. The second-order valence-corrected chi connectivity index (χ2v) is 5.94. The van der Waals surface area contributed by atoms with Gasteiger partial charge in [0.05, 0.1) is 12.5 Å². The van der Waals surface area contributed by atoms with Gasteiger partial charge in [-0.3, -0.25) is 9.69 Å². The number of likely N-dealkylation sites (tertiary alicyclic amines) is 1. The summed E-state index contributed by atoms with van der Waals surface area (Å²) in [6.45, 7) is 0.828. The van der Waals surface area contributed by atoms with Crippen molar-refractivity contribution in [3.63, 3.8) is 0 Å². The Bertz CT molecular complexity index is 482. The summed E-state index contributed by atoms with van der Waals surface area (Å²) in [6, 6.07) is 7.04. The molecule has 0 atom stereocenters. The lowest BCUT2D eigenvalue weighted by molar-refractivity contribution is -0.184. The molecule has 0 spiro atoms. The van der Waals surface area contributed by atoms with Crippen LogP contribution in [0.5, 0.6) is 0 Å². The Hall–Kier alpha value is -0.880. The van der Waals surface area contributed by atoms with Crippen molar-refractivity contribution in [2.24, 2.45) is 5.92 Å². The molecule has 6 heteroatoms. The van der Waals surface area contributed by atoms with E-state index in [0.717, 1.165) is 4.47 Å². The van der Waals surface area contributed by atoms with Crippen LogP contribution in [0.3, 0.4) is 0 Å². The Morgan fingerprint density at radius 3 is 2.50 bits per heavy atom. The maximum atomic E-state index is 12.5. The van der Waals surface area contributed by atoms with E-state index in [-0.39, 0.29) is 25.2 Å². The van der Waals surface area contributed by atoms with Gasteiger partial charge in [-0.1, -0.05) is 28.1 Å². The summed E-state index contributed by atoms with van der Waals surface area (Å²) < 4.78 is 38.5. The fourth-order valence-electron chi connectivity index (χ4n) is 2.37. The number of rotatable bonds is 3. The molecule has 1 aliphatic heterocycles. The van der Waals surface area contributed by atoms with Crippen LogP contribution in [0, 0.1) is 5.92 Å². The zero-order valence-electron chi connectivity index (χ0n) is 10.8. The molecule has 2 nitrogen and oxygen atoms in total. The third-order valence-corrected chi connectivity index (χ3v) is 4.06. The predicted molar refractivity (Wildman–Crippen MR) is 73.7 cm³/mol. The fourth-order valence-corrected chi connectivity index (χ4v) is 2.77. The fraction of sp³-hybridized carbons (Fsp3) is 0.500. The molecule has 0 bridgehead atoms. The first-order valence-corrected chi connectivity index (χ1v) is 7.23. The van der Waals surface area contributed by atoms with Gasteiger partial charge in [0.15, 0.2) is 5.78 Å². The lowest BCUT2D eigenvalue weighted by Crippen LogP contribution is -2.41. The highest BCUT2D eigenvalue weighted by Gasteiger charge is 2.41. The van der Waals surface area contributed by atoms with Crippen molar-refractivity contribution in [1.29, 1.82) is 0 Å². The van der Waals surface area contributed by atoms with E-state index in [4.69, 9.17) is 0 Å². The minimum Gasteiger partial charge on any atom is -0.296 e. The molecule has 1 saturated heterocycles. The Morgan fingerprint density at radius 2 is 1.95 bits per heavy atom. The summed E-state index contributed by atoms with van der Waals surface area (Å²) in [5, 5.41) is 0. The molecular formula is C14H15BrF3NO. The van der Waals surface area contributed by atoms with Gasteiger partial charge in [-0.15, -0.1) is 0 Å². The molecule has 0 amide bonds. The molecule has 2 rings (SSSR count). The number of ketones is 1. The second-order valence-electron chi connectivity index (χ2n) is 5.03. The average Bonchev–Trinajstić information content (AvgIpc) is 2.38. The van der Waals surface area contributed by atoms with Gasteiger partial charge in [-0.25, -0.2) is 0 Å². The molecule has 110 valence electrons. The van der Waals surface area contributed by atoms with E-state index in [2.05, 4.69) is 15.9 Å². The van der Waals surface area contributed by atoms with Gasteiger partial charge < -0.3 is 0 Å². The van der Waals surface area contributed by atoms with Crippen LogP contribution in [0.2, 0.25) is 0 Å². The first-order valence-electron chi connectivity index (χ1n) is 6.44. The number of halogens is 4. The number of benzene rings is 1.